The molecule has 2 aromatic heterocycles. The van der Waals surface area contributed by atoms with E-state index in [1.165, 1.54) is 15.8 Å². The molecule has 24 heavy (non-hydrogen) atoms. The number of aromatic nitrogens is 5. The number of fused-ring (bicyclic) bond motifs is 2. The van der Waals surface area contributed by atoms with Gasteiger partial charge < -0.3 is 10.1 Å². The molecule has 1 aromatic carbocycles. The van der Waals surface area contributed by atoms with Crippen LogP contribution in [0.2, 0.25) is 0 Å². The Morgan fingerprint density at radius 1 is 1.29 bits per heavy atom. The van der Waals surface area contributed by atoms with Crippen LogP contribution in [-0.2, 0) is 6.42 Å². The van der Waals surface area contributed by atoms with Gasteiger partial charge in [-0.05, 0) is 66.1 Å². The van der Waals surface area contributed by atoms with Crippen LogP contribution in [0.5, 0.6) is 5.75 Å². The second kappa shape index (κ2) is 5.43. The number of rotatable bonds is 4. The average molecular weight is 324 g/mol. The van der Waals surface area contributed by atoms with Crippen LogP contribution >= 0.6 is 0 Å². The molecule has 0 bridgehead atoms. The van der Waals surface area contributed by atoms with Gasteiger partial charge in [-0.15, -0.1) is 14.8 Å². The predicted molar refractivity (Wildman–Crippen MR) is 90.1 cm³/mol. The fourth-order valence-corrected chi connectivity index (χ4v) is 3.17. The number of anilines is 1. The van der Waals surface area contributed by atoms with Gasteiger partial charge in [0.2, 0.25) is 0 Å². The molecule has 4 rings (SSSR count). The number of ether oxygens (including phenoxy) is 1. The molecule has 7 nitrogen and oxygen atoms in total. The molecule has 3 heterocycles. The molecule has 3 aromatic rings. The topological polar surface area (TPSA) is 77.2 Å². The summed E-state index contributed by atoms with van der Waals surface area (Å²) in [5, 5.41) is 19.2. The summed E-state index contributed by atoms with van der Waals surface area (Å²) in [5.74, 6) is 1.74. The second-order valence-corrected chi connectivity index (χ2v) is 6.76. The van der Waals surface area contributed by atoms with Crippen molar-refractivity contribution in [2.75, 3.05) is 5.32 Å². The second-order valence-electron chi connectivity index (χ2n) is 6.76. The zero-order chi connectivity index (χ0) is 16.7. The van der Waals surface area contributed by atoms with Crippen LogP contribution in [-0.4, -0.2) is 30.9 Å². The van der Waals surface area contributed by atoms with Gasteiger partial charge in [0.05, 0.1) is 6.04 Å². The van der Waals surface area contributed by atoms with Gasteiger partial charge in [0.1, 0.15) is 17.2 Å². The number of hydrogen-bond donors (Lipinski definition) is 1. The summed E-state index contributed by atoms with van der Waals surface area (Å²) in [6.45, 7) is 6.39. The lowest BCUT2D eigenvalue weighted by atomic mass is 9.97. The molecule has 0 aliphatic carbocycles. The molecule has 0 fully saturated rings. The van der Waals surface area contributed by atoms with Crippen LogP contribution in [0.15, 0.2) is 30.3 Å². The van der Waals surface area contributed by atoms with Crippen LogP contribution in [0.3, 0.4) is 0 Å². The zero-order valence-corrected chi connectivity index (χ0v) is 14.0. The Labute approximate surface area is 140 Å². The Morgan fingerprint density at radius 2 is 2.17 bits per heavy atom. The fraction of sp³-hybridized carbons (Fsp3) is 0.412. The minimum Gasteiger partial charge on any atom is -0.487 e. The maximum atomic E-state index is 5.96. The molecule has 1 aliphatic rings. The summed E-state index contributed by atoms with van der Waals surface area (Å²) in [5.41, 5.74) is 3.01. The lowest BCUT2D eigenvalue weighted by Gasteiger charge is -2.18. The molecule has 0 saturated heterocycles. The number of hydrogen-bond acceptors (Lipinski definition) is 6. The summed E-state index contributed by atoms with van der Waals surface area (Å²) in [6, 6.07) is 10.3. The number of nitrogens with one attached hydrogen (secondary N) is 1. The molecule has 1 aliphatic heterocycles. The standard InChI is InChI=1S/C17H20N6O/c1-4-13(18-15-7-8-16-19-21-22-23(16)20-15)11-5-6-14-12(9-11)10-17(2,3)24-14/h5-9,13H,4,10H2,1-3H3,(H,18,20)/t13-/m1/s1. The van der Waals surface area contributed by atoms with Crippen molar-refractivity contribution in [3.8, 4) is 5.75 Å². The van der Waals surface area contributed by atoms with Gasteiger partial charge in [0.15, 0.2) is 5.65 Å². The summed E-state index contributed by atoms with van der Waals surface area (Å²) in [7, 11) is 0. The van der Waals surface area contributed by atoms with E-state index in [1.807, 2.05) is 12.1 Å². The van der Waals surface area contributed by atoms with Gasteiger partial charge in [-0.3, -0.25) is 0 Å². The van der Waals surface area contributed by atoms with Crippen LogP contribution in [0.1, 0.15) is 44.4 Å². The third-order valence-electron chi connectivity index (χ3n) is 4.29. The highest BCUT2D eigenvalue weighted by molar-refractivity contribution is 5.47. The Morgan fingerprint density at radius 3 is 3.00 bits per heavy atom. The van der Waals surface area contributed by atoms with E-state index < -0.39 is 0 Å². The largest absolute Gasteiger partial charge is 0.487 e. The summed E-state index contributed by atoms with van der Waals surface area (Å²) >= 11 is 0. The molecular formula is C17H20N6O. The maximum absolute atomic E-state index is 5.96. The summed E-state index contributed by atoms with van der Waals surface area (Å²) in [6.07, 6.45) is 1.87. The van der Waals surface area contributed by atoms with Gasteiger partial charge in [-0.2, -0.15) is 0 Å². The van der Waals surface area contributed by atoms with E-state index in [0.29, 0.717) is 5.65 Å². The first kappa shape index (κ1) is 14.9. The SMILES string of the molecule is CC[C@@H](Nc1ccc2nnnn2n1)c1ccc2c(c1)CC(C)(C)O2. The van der Waals surface area contributed by atoms with Crippen molar-refractivity contribution in [1.29, 1.82) is 0 Å². The first-order valence-corrected chi connectivity index (χ1v) is 8.18. The monoisotopic (exact) mass is 324 g/mol. The molecular weight excluding hydrogens is 304 g/mol. The molecule has 0 saturated carbocycles. The number of benzene rings is 1. The van der Waals surface area contributed by atoms with Crippen molar-refractivity contribution in [3.63, 3.8) is 0 Å². The Bertz CT molecular complexity index is 888. The van der Waals surface area contributed by atoms with Crippen molar-refractivity contribution < 1.29 is 4.74 Å². The molecule has 0 spiro atoms. The normalized spacial score (nSPS) is 16.6. The van der Waals surface area contributed by atoms with Gasteiger partial charge >= 0.3 is 0 Å². The van der Waals surface area contributed by atoms with E-state index in [2.05, 4.69) is 64.9 Å². The predicted octanol–water partition coefficient (Wildman–Crippen LogP) is 2.80. The summed E-state index contributed by atoms with van der Waals surface area (Å²) < 4.78 is 7.39. The highest BCUT2D eigenvalue weighted by Crippen LogP contribution is 2.37. The Kier molecular flexibility index (Phi) is 3.37. The average Bonchev–Trinajstić information content (AvgIpc) is 3.13. The first-order valence-electron chi connectivity index (χ1n) is 8.18. The molecule has 1 atom stereocenters. The highest BCUT2D eigenvalue weighted by atomic mass is 16.5. The van der Waals surface area contributed by atoms with Crippen LogP contribution < -0.4 is 10.1 Å². The zero-order valence-electron chi connectivity index (χ0n) is 14.0. The van der Waals surface area contributed by atoms with Crippen molar-refractivity contribution in [2.45, 2.75) is 45.3 Å². The Hall–Kier alpha value is -2.70. The van der Waals surface area contributed by atoms with E-state index in [-0.39, 0.29) is 11.6 Å². The van der Waals surface area contributed by atoms with Crippen LogP contribution in [0.25, 0.3) is 5.65 Å². The fourth-order valence-electron chi connectivity index (χ4n) is 3.17. The van der Waals surface area contributed by atoms with Crippen molar-refractivity contribution in [3.05, 3.63) is 41.5 Å². The van der Waals surface area contributed by atoms with Gasteiger partial charge in [-0.1, -0.05) is 13.0 Å². The molecule has 0 unspecified atom stereocenters. The molecule has 0 amide bonds. The molecule has 124 valence electrons. The van der Waals surface area contributed by atoms with Gasteiger partial charge in [0, 0.05) is 6.42 Å². The van der Waals surface area contributed by atoms with E-state index in [4.69, 9.17) is 4.74 Å². The maximum Gasteiger partial charge on any atom is 0.200 e. The quantitative estimate of drug-likeness (QED) is 0.795. The third-order valence-corrected chi connectivity index (χ3v) is 4.29. The van der Waals surface area contributed by atoms with Gasteiger partial charge in [-0.25, -0.2) is 0 Å². The number of tetrazole rings is 1. The minimum absolute atomic E-state index is 0.122. The molecule has 7 heteroatoms. The van der Waals surface area contributed by atoms with E-state index >= 15 is 0 Å². The van der Waals surface area contributed by atoms with E-state index in [1.54, 1.807) is 0 Å². The van der Waals surface area contributed by atoms with Gasteiger partial charge in [0.25, 0.3) is 0 Å². The van der Waals surface area contributed by atoms with Crippen molar-refractivity contribution in [2.24, 2.45) is 0 Å². The molecule has 1 N–H and O–H groups in total. The smallest absolute Gasteiger partial charge is 0.200 e. The highest BCUT2D eigenvalue weighted by Gasteiger charge is 2.30. The van der Waals surface area contributed by atoms with Crippen molar-refractivity contribution in [1.82, 2.24) is 25.3 Å². The van der Waals surface area contributed by atoms with E-state index in [0.717, 1.165) is 24.4 Å². The summed E-state index contributed by atoms with van der Waals surface area (Å²) in [4.78, 5) is 0. The molecule has 0 radical (unpaired) electrons. The lowest BCUT2D eigenvalue weighted by molar-refractivity contribution is 0.138. The number of nitrogens with zero attached hydrogens (tertiary/aromatic N) is 5. The third kappa shape index (κ3) is 2.66. The van der Waals surface area contributed by atoms with Crippen LogP contribution in [0.4, 0.5) is 5.82 Å². The first-order chi connectivity index (χ1) is 11.5. The van der Waals surface area contributed by atoms with Crippen LogP contribution in [0, 0.1) is 0 Å². The van der Waals surface area contributed by atoms with Crippen molar-refractivity contribution >= 4 is 11.5 Å². The minimum atomic E-state index is -0.122. The Balaban J connectivity index is 1.60. The lowest BCUT2D eigenvalue weighted by Crippen LogP contribution is -2.24. The van der Waals surface area contributed by atoms with E-state index in [9.17, 15) is 0 Å².